The van der Waals surface area contributed by atoms with Crippen LogP contribution >= 0.6 is 34.5 Å². The van der Waals surface area contributed by atoms with Crippen molar-refractivity contribution in [2.45, 2.75) is 0 Å². The summed E-state index contributed by atoms with van der Waals surface area (Å²) < 4.78 is 6.74. The molecule has 0 saturated heterocycles. The summed E-state index contributed by atoms with van der Waals surface area (Å²) in [5, 5.41) is 1.65. The molecule has 3 rings (SSSR count). The maximum atomic E-state index is 6.01. The van der Waals surface area contributed by atoms with Crippen LogP contribution in [0.5, 0.6) is 5.75 Å². The summed E-state index contributed by atoms with van der Waals surface area (Å²) in [6.45, 7) is 0.481. The van der Waals surface area contributed by atoms with Crippen molar-refractivity contribution in [2.75, 3.05) is 12.5 Å². The van der Waals surface area contributed by atoms with E-state index in [9.17, 15) is 0 Å². The van der Waals surface area contributed by atoms with Gasteiger partial charge in [-0.05, 0) is 30.3 Å². The van der Waals surface area contributed by atoms with Crippen LogP contribution in [0.15, 0.2) is 42.5 Å². The Morgan fingerprint density at radius 1 is 1.15 bits per heavy atom. The number of ether oxygens (including phenoxy) is 1. The van der Waals surface area contributed by atoms with E-state index in [-0.39, 0.29) is 0 Å². The van der Waals surface area contributed by atoms with Gasteiger partial charge in [0, 0.05) is 5.02 Å². The highest BCUT2D eigenvalue weighted by molar-refractivity contribution is 7.21. The summed E-state index contributed by atoms with van der Waals surface area (Å²) in [6.07, 6.45) is 0. The summed E-state index contributed by atoms with van der Waals surface area (Å²) in [7, 11) is 0. The van der Waals surface area contributed by atoms with Gasteiger partial charge in [-0.3, -0.25) is 0 Å². The number of para-hydroxylation sites is 1. The second kappa shape index (κ2) is 6.00. The lowest BCUT2D eigenvalue weighted by atomic mass is 10.2. The molecule has 0 bridgehead atoms. The topological polar surface area (TPSA) is 22.1 Å². The molecule has 5 heteroatoms. The van der Waals surface area contributed by atoms with E-state index in [0.717, 1.165) is 31.6 Å². The zero-order valence-electron chi connectivity index (χ0n) is 10.5. The van der Waals surface area contributed by atoms with Gasteiger partial charge in [0.05, 0.1) is 21.7 Å². The molecule has 0 radical (unpaired) electrons. The molecule has 1 aromatic heterocycles. The molecule has 0 spiro atoms. The number of fused-ring (bicyclic) bond motifs is 1. The third kappa shape index (κ3) is 2.75. The molecular weight excluding hydrogens is 313 g/mol. The Kier molecular flexibility index (Phi) is 4.10. The molecule has 0 unspecified atom stereocenters. The van der Waals surface area contributed by atoms with Crippen molar-refractivity contribution >= 4 is 44.8 Å². The standard InChI is InChI=1S/C15H11Cl2NOS/c16-7-8-19-13-4-2-1-3-11(13)15-18-12-6-5-10(17)9-14(12)20-15/h1-6,9H,7-8H2. The van der Waals surface area contributed by atoms with Crippen LogP contribution in [-0.4, -0.2) is 17.5 Å². The zero-order valence-corrected chi connectivity index (χ0v) is 12.8. The van der Waals surface area contributed by atoms with E-state index in [1.165, 1.54) is 0 Å². The quantitative estimate of drug-likeness (QED) is 0.613. The van der Waals surface area contributed by atoms with Crippen molar-refractivity contribution in [1.82, 2.24) is 4.98 Å². The van der Waals surface area contributed by atoms with Gasteiger partial charge in [0.25, 0.3) is 0 Å². The third-order valence-electron chi connectivity index (χ3n) is 2.80. The van der Waals surface area contributed by atoms with Gasteiger partial charge in [-0.1, -0.05) is 23.7 Å². The Hall–Kier alpha value is -1.29. The number of nitrogens with zero attached hydrogens (tertiary/aromatic N) is 1. The van der Waals surface area contributed by atoms with E-state index in [1.54, 1.807) is 11.3 Å². The molecule has 0 saturated carbocycles. The average Bonchev–Trinajstić information content (AvgIpc) is 2.88. The van der Waals surface area contributed by atoms with Crippen LogP contribution in [0.4, 0.5) is 0 Å². The monoisotopic (exact) mass is 323 g/mol. The molecule has 102 valence electrons. The molecule has 20 heavy (non-hydrogen) atoms. The second-order valence-electron chi connectivity index (χ2n) is 4.16. The van der Waals surface area contributed by atoms with Gasteiger partial charge < -0.3 is 4.74 Å². The first kappa shape index (κ1) is 13.7. The van der Waals surface area contributed by atoms with Gasteiger partial charge in [-0.15, -0.1) is 22.9 Å². The van der Waals surface area contributed by atoms with Crippen molar-refractivity contribution in [2.24, 2.45) is 0 Å². The minimum atomic E-state index is 0.462. The second-order valence-corrected chi connectivity index (χ2v) is 6.01. The summed E-state index contributed by atoms with van der Waals surface area (Å²) >= 11 is 13.3. The van der Waals surface area contributed by atoms with Crippen molar-refractivity contribution in [3.8, 4) is 16.3 Å². The third-order valence-corrected chi connectivity index (χ3v) is 4.24. The highest BCUT2D eigenvalue weighted by atomic mass is 35.5. The molecule has 2 aromatic carbocycles. The number of aromatic nitrogens is 1. The highest BCUT2D eigenvalue weighted by Crippen LogP contribution is 2.36. The van der Waals surface area contributed by atoms with Gasteiger partial charge in [-0.2, -0.15) is 0 Å². The number of hydrogen-bond donors (Lipinski definition) is 0. The molecule has 2 nitrogen and oxygen atoms in total. The number of benzene rings is 2. The Balaban J connectivity index is 2.06. The molecule has 0 amide bonds. The van der Waals surface area contributed by atoms with Gasteiger partial charge in [-0.25, -0.2) is 4.98 Å². The molecule has 3 aromatic rings. The summed E-state index contributed by atoms with van der Waals surface area (Å²) in [4.78, 5) is 4.64. The van der Waals surface area contributed by atoms with Gasteiger partial charge in [0.1, 0.15) is 17.4 Å². The molecule has 0 atom stereocenters. The van der Waals surface area contributed by atoms with Crippen LogP contribution < -0.4 is 4.74 Å². The number of thiazole rings is 1. The fraction of sp³-hybridized carbons (Fsp3) is 0.133. The predicted octanol–water partition coefficient (Wildman–Crippen LogP) is 5.23. The fourth-order valence-corrected chi connectivity index (χ4v) is 3.28. The fourth-order valence-electron chi connectivity index (χ4n) is 1.93. The Morgan fingerprint density at radius 3 is 2.85 bits per heavy atom. The lowest BCUT2D eigenvalue weighted by molar-refractivity contribution is 0.344. The van der Waals surface area contributed by atoms with E-state index < -0.39 is 0 Å². The first-order valence-corrected chi connectivity index (χ1v) is 7.85. The van der Waals surface area contributed by atoms with Crippen molar-refractivity contribution in [3.05, 3.63) is 47.5 Å². The molecule has 0 aliphatic carbocycles. The Labute approximate surface area is 130 Å². The largest absolute Gasteiger partial charge is 0.492 e. The maximum Gasteiger partial charge on any atom is 0.129 e. The van der Waals surface area contributed by atoms with E-state index in [2.05, 4.69) is 4.98 Å². The van der Waals surface area contributed by atoms with Crippen LogP contribution in [0.1, 0.15) is 0 Å². The lowest BCUT2D eigenvalue weighted by Crippen LogP contribution is -1.99. The van der Waals surface area contributed by atoms with Gasteiger partial charge >= 0.3 is 0 Å². The van der Waals surface area contributed by atoms with Crippen molar-refractivity contribution in [1.29, 1.82) is 0 Å². The molecular formula is C15H11Cl2NOS. The molecule has 0 N–H and O–H groups in total. The minimum absolute atomic E-state index is 0.462. The first-order valence-electron chi connectivity index (χ1n) is 6.12. The molecule has 1 heterocycles. The molecule has 0 fully saturated rings. The smallest absolute Gasteiger partial charge is 0.129 e. The van der Waals surface area contributed by atoms with E-state index in [0.29, 0.717) is 12.5 Å². The average molecular weight is 324 g/mol. The first-order chi connectivity index (χ1) is 9.78. The lowest BCUT2D eigenvalue weighted by Gasteiger charge is -2.07. The molecule has 0 aliphatic heterocycles. The number of hydrogen-bond acceptors (Lipinski definition) is 3. The van der Waals surface area contributed by atoms with E-state index in [4.69, 9.17) is 27.9 Å². The number of alkyl halides is 1. The number of halogens is 2. The van der Waals surface area contributed by atoms with Crippen LogP contribution in [0.25, 0.3) is 20.8 Å². The minimum Gasteiger partial charge on any atom is -0.492 e. The van der Waals surface area contributed by atoms with Crippen LogP contribution in [-0.2, 0) is 0 Å². The Bertz CT molecular complexity index is 742. The van der Waals surface area contributed by atoms with Crippen LogP contribution in [0.3, 0.4) is 0 Å². The Morgan fingerprint density at radius 2 is 2.00 bits per heavy atom. The van der Waals surface area contributed by atoms with Gasteiger partial charge in [0.15, 0.2) is 0 Å². The van der Waals surface area contributed by atoms with Crippen LogP contribution in [0, 0.1) is 0 Å². The normalized spacial score (nSPS) is 10.9. The number of rotatable bonds is 4. The highest BCUT2D eigenvalue weighted by Gasteiger charge is 2.11. The summed E-state index contributed by atoms with van der Waals surface area (Å²) in [6, 6.07) is 13.6. The zero-order chi connectivity index (χ0) is 13.9. The SMILES string of the molecule is ClCCOc1ccccc1-c1nc2ccc(Cl)cc2s1. The van der Waals surface area contributed by atoms with Crippen molar-refractivity contribution < 1.29 is 4.74 Å². The van der Waals surface area contributed by atoms with Gasteiger partial charge in [0.2, 0.25) is 0 Å². The van der Waals surface area contributed by atoms with E-state index in [1.807, 2.05) is 42.5 Å². The summed E-state index contributed by atoms with van der Waals surface area (Å²) in [5.41, 5.74) is 1.93. The molecule has 0 aliphatic rings. The summed E-state index contributed by atoms with van der Waals surface area (Å²) in [5.74, 6) is 1.27. The predicted molar refractivity (Wildman–Crippen MR) is 86.3 cm³/mol. The maximum absolute atomic E-state index is 6.01. The van der Waals surface area contributed by atoms with E-state index >= 15 is 0 Å². The van der Waals surface area contributed by atoms with Crippen molar-refractivity contribution in [3.63, 3.8) is 0 Å². The van der Waals surface area contributed by atoms with Crippen LogP contribution in [0.2, 0.25) is 5.02 Å².